The van der Waals surface area contributed by atoms with Gasteiger partial charge in [-0.2, -0.15) is 0 Å². The number of hydrogen-bond donors (Lipinski definition) is 2. The molecule has 6 heteroatoms. The molecule has 2 heterocycles. The Bertz CT molecular complexity index is 567. The van der Waals surface area contributed by atoms with Crippen LogP contribution in [0, 0.1) is 6.92 Å². The summed E-state index contributed by atoms with van der Waals surface area (Å²) in [5.74, 6) is -1.16. The number of H-pyrrole nitrogens is 1. The van der Waals surface area contributed by atoms with Gasteiger partial charge in [-0.15, -0.1) is 0 Å². The second-order valence-electron chi connectivity index (χ2n) is 2.83. The first-order chi connectivity index (χ1) is 6.61. The molecular formula is C8H7N3O3. The third kappa shape index (κ3) is 1.00. The molecule has 14 heavy (non-hydrogen) atoms. The van der Waals surface area contributed by atoms with Crippen molar-refractivity contribution in [3.63, 3.8) is 0 Å². The maximum absolute atomic E-state index is 11.3. The quantitative estimate of drug-likeness (QED) is 0.668. The van der Waals surface area contributed by atoms with Crippen LogP contribution in [0.2, 0.25) is 0 Å². The van der Waals surface area contributed by atoms with Crippen molar-refractivity contribution in [3.8, 4) is 0 Å². The lowest BCUT2D eigenvalue weighted by Crippen LogP contribution is -2.19. The average Bonchev–Trinajstić information content (AvgIpc) is 2.42. The summed E-state index contributed by atoms with van der Waals surface area (Å²) in [7, 11) is 0. The van der Waals surface area contributed by atoms with E-state index in [1.807, 2.05) is 0 Å². The van der Waals surface area contributed by atoms with Crippen LogP contribution in [0.4, 0.5) is 0 Å². The lowest BCUT2D eigenvalue weighted by atomic mass is 10.3. The van der Waals surface area contributed by atoms with Crippen LogP contribution in [0.15, 0.2) is 17.1 Å². The molecule has 2 rings (SSSR count). The number of aryl methyl sites for hydroxylation is 1. The molecule has 0 aliphatic carbocycles. The van der Waals surface area contributed by atoms with Crippen molar-refractivity contribution >= 4 is 11.6 Å². The molecule has 0 aliphatic rings. The monoisotopic (exact) mass is 193 g/mol. The van der Waals surface area contributed by atoms with Gasteiger partial charge in [0.1, 0.15) is 5.65 Å². The van der Waals surface area contributed by atoms with Gasteiger partial charge in [-0.25, -0.2) is 19.0 Å². The molecule has 2 aromatic heterocycles. The zero-order valence-corrected chi connectivity index (χ0v) is 7.31. The van der Waals surface area contributed by atoms with Crippen LogP contribution in [0.1, 0.15) is 16.2 Å². The molecule has 0 aromatic carbocycles. The zero-order valence-electron chi connectivity index (χ0n) is 7.31. The first-order valence-corrected chi connectivity index (χ1v) is 3.91. The predicted molar refractivity (Wildman–Crippen MR) is 47.5 cm³/mol. The molecule has 6 nitrogen and oxygen atoms in total. The molecule has 0 spiro atoms. The van der Waals surface area contributed by atoms with Crippen LogP contribution < -0.4 is 5.69 Å². The van der Waals surface area contributed by atoms with Crippen LogP contribution in [-0.2, 0) is 0 Å². The van der Waals surface area contributed by atoms with E-state index in [4.69, 9.17) is 5.11 Å². The van der Waals surface area contributed by atoms with E-state index in [0.717, 1.165) is 4.40 Å². The topological polar surface area (TPSA) is 87.5 Å². The maximum Gasteiger partial charge on any atom is 0.354 e. The fraction of sp³-hybridized carbons (Fsp3) is 0.125. The molecule has 2 N–H and O–H groups in total. The van der Waals surface area contributed by atoms with Gasteiger partial charge in [0.15, 0.2) is 5.69 Å². The van der Waals surface area contributed by atoms with E-state index in [1.54, 1.807) is 13.0 Å². The third-order valence-corrected chi connectivity index (χ3v) is 1.92. The van der Waals surface area contributed by atoms with Crippen LogP contribution >= 0.6 is 0 Å². The number of carboxylic acids is 1. The highest BCUT2D eigenvalue weighted by molar-refractivity contribution is 5.88. The minimum Gasteiger partial charge on any atom is -0.477 e. The average molecular weight is 193 g/mol. The number of nitrogens with one attached hydrogen (secondary N) is 1. The van der Waals surface area contributed by atoms with Crippen molar-refractivity contribution < 1.29 is 9.90 Å². The number of aromatic nitrogens is 3. The van der Waals surface area contributed by atoms with Gasteiger partial charge in [0, 0.05) is 6.20 Å². The summed E-state index contributed by atoms with van der Waals surface area (Å²) in [4.78, 5) is 28.5. The number of carbonyl (C=O) groups is 1. The number of aromatic amines is 1. The summed E-state index contributed by atoms with van der Waals surface area (Å²) < 4.78 is 1.04. The van der Waals surface area contributed by atoms with E-state index in [-0.39, 0.29) is 5.69 Å². The second-order valence-corrected chi connectivity index (χ2v) is 2.83. The lowest BCUT2D eigenvalue weighted by molar-refractivity contribution is 0.0688. The van der Waals surface area contributed by atoms with Crippen molar-refractivity contribution in [3.05, 3.63) is 34.1 Å². The van der Waals surface area contributed by atoms with Gasteiger partial charge in [-0.1, -0.05) is 0 Å². The Kier molecular flexibility index (Phi) is 1.63. The molecule has 0 unspecified atom stereocenters. The van der Waals surface area contributed by atoms with E-state index < -0.39 is 11.7 Å². The highest BCUT2D eigenvalue weighted by atomic mass is 16.4. The maximum atomic E-state index is 11.3. The van der Waals surface area contributed by atoms with Gasteiger partial charge in [-0.3, -0.25) is 0 Å². The molecule has 0 bridgehead atoms. The fourth-order valence-corrected chi connectivity index (χ4v) is 1.37. The van der Waals surface area contributed by atoms with Crippen molar-refractivity contribution in [1.82, 2.24) is 14.4 Å². The zero-order chi connectivity index (χ0) is 10.3. The van der Waals surface area contributed by atoms with E-state index in [1.165, 1.54) is 6.20 Å². The number of rotatable bonds is 1. The fourth-order valence-electron chi connectivity index (χ4n) is 1.37. The molecule has 0 saturated carbocycles. The van der Waals surface area contributed by atoms with Crippen molar-refractivity contribution in [2.24, 2.45) is 0 Å². The minimum absolute atomic E-state index is 0.0955. The Morgan fingerprint density at radius 2 is 2.36 bits per heavy atom. The Morgan fingerprint density at radius 1 is 1.64 bits per heavy atom. The Labute approximate surface area is 77.8 Å². The lowest BCUT2D eigenvalue weighted by Gasteiger charge is -1.94. The number of nitrogens with zero attached hydrogens (tertiary/aromatic N) is 2. The van der Waals surface area contributed by atoms with Gasteiger partial charge in [0.05, 0.1) is 5.69 Å². The minimum atomic E-state index is -1.16. The Balaban J connectivity index is 3.01. The molecule has 72 valence electrons. The highest BCUT2D eigenvalue weighted by Gasteiger charge is 2.16. The molecule has 0 amide bonds. The summed E-state index contributed by atoms with van der Waals surface area (Å²) in [6.45, 7) is 1.55. The van der Waals surface area contributed by atoms with Gasteiger partial charge in [0.25, 0.3) is 0 Å². The first-order valence-electron chi connectivity index (χ1n) is 3.91. The Hall–Kier alpha value is -2.11. The summed E-state index contributed by atoms with van der Waals surface area (Å²) in [5.41, 5.74) is 0.0696. The van der Waals surface area contributed by atoms with Crippen LogP contribution in [-0.4, -0.2) is 25.4 Å². The van der Waals surface area contributed by atoms with Gasteiger partial charge in [0.2, 0.25) is 0 Å². The van der Waals surface area contributed by atoms with Crippen molar-refractivity contribution in [2.75, 3.05) is 0 Å². The van der Waals surface area contributed by atoms with Crippen molar-refractivity contribution in [2.45, 2.75) is 6.92 Å². The van der Waals surface area contributed by atoms with E-state index >= 15 is 0 Å². The summed E-state index contributed by atoms with van der Waals surface area (Å²) >= 11 is 0. The molecule has 2 aromatic rings. The third-order valence-electron chi connectivity index (χ3n) is 1.92. The van der Waals surface area contributed by atoms with Crippen LogP contribution in [0.3, 0.4) is 0 Å². The largest absolute Gasteiger partial charge is 0.477 e. The summed E-state index contributed by atoms with van der Waals surface area (Å²) in [6, 6.07) is 1.54. The Morgan fingerprint density at radius 3 is 3.00 bits per heavy atom. The normalized spacial score (nSPS) is 10.6. The van der Waals surface area contributed by atoms with Gasteiger partial charge < -0.3 is 10.1 Å². The molecular weight excluding hydrogens is 186 g/mol. The molecule has 0 fully saturated rings. The van der Waals surface area contributed by atoms with Gasteiger partial charge in [-0.05, 0) is 13.0 Å². The standard InChI is InChI=1S/C8H7N3O3/c1-4-6(7(12)13)11-5(10-4)2-3-9-8(11)14/h2-3H,1H3,(H,9,14)(H,12,13). The predicted octanol–water partition coefficient (Wildman–Crippen LogP) is 0.0292. The summed E-state index contributed by atoms with van der Waals surface area (Å²) in [6.07, 6.45) is 1.43. The van der Waals surface area contributed by atoms with Crippen LogP contribution in [0.5, 0.6) is 0 Å². The van der Waals surface area contributed by atoms with E-state index in [2.05, 4.69) is 9.97 Å². The van der Waals surface area contributed by atoms with Gasteiger partial charge >= 0.3 is 11.7 Å². The first kappa shape index (κ1) is 8.49. The number of hydrogen-bond acceptors (Lipinski definition) is 3. The number of carboxylic acid groups (broad SMARTS) is 1. The highest BCUT2D eigenvalue weighted by Crippen LogP contribution is 2.07. The molecule has 0 aliphatic heterocycles. The van der Waals surface area contributed by atoms with Crippen molar-refractivity contribution in [1.29, 1.82) is 0 Å². The second kappa shape index (κ2) is 2.69. The number of imidazole rings is 1. The van der Waals surface area contributed by atoms with Crippen LogP contribution in [0.25, 0.3) is 5.65 Å². The molecule has 0 saturated heterocycles. The van der Waals surface area contributed by atoms with E-state index in [0.29, 0.717) is 11.3 Å². The number of aromatic carboxylic acids is 1. The van der Waals surface area contributed by atoms with E-state index in [9.17, 15) is 9.59 Å². The summed E-state index contributed by atoms with van der Waals surface area (Å²) in [5, 5.41) is 8.86. The molecule has 0 atom stereocenters. The molecule has 0 radical (unpaired) electrons. The smallest absolute Gasteiger partial charge is 0.354 e. The SMILES string of the molecule is Cc1nc2cc[nH]c(=O)n2c1C(=O)O. The number of fused-ring (bicyclic) bond motifs is 1.